The molecule has 0 saturated heterocycles. The Bertz CT molecular complexity index is 958. The van der Waals surface area contributed by atoms with Gasteiger partial charge < -0.3 is 15.4 Å². The maximum Gasteiger partial charge on any atom is 0.311 e. The van der Waals surface area contributed by atoms with E-state index in [4.69, 9.17) is 0 Å². The van der Waals surface area contributed by atoms with E-state index in [1.54, 1.807) is 30.3 Å². The van der Waals surface area contributed by atoms with Crippen LogP contribution in [-0.4, -0.2) is 31.4 Å². The molecule has 2 aromatic carbocycles. The quantitative estimate of drug-likeness (QED) is 0.775. The van der Waals surface area contributed by atoms with Gasteiger partial charge in [0.2, 0.25) is 5.91 Å². The molecule has 7 nitrogen and oxygen atoms in total. The molecule has 2 aromatic rings. The minimum Gasteiger partial charge on any atom is -0.469 e. The Morgan fingerprint density at radius 2 is 1.96 bits per heavy atom. The molecule has 1 aliphatic heterocycles. The lowest BCUT2D eigenvalue weighted by Gasteiger charge is -2.21. The summed E-state index contributed by atoms with van der Waals surface area (Å²) < 4.78 is 17.9. The Balaban J connectivity index is 1.83. The molecule has 8 heteroatoms. The third kappa shape index (κ3) is 4.53. The second-order valence-electron chi connectivity index (χ2n) is 6.05. The molecule has 1 heterocycles. The normalized spacial score (nSPS) is 13.0. The molecule has 0 atom stereocenters. The number of methoxy groups -OCH3 is 1. The fraction of sp³-hybridized carbons (Fsp3) is 0.150. The highest BCUT2D eigenvalue weighted by molar-refractivity contribution is 6.10. The number of nitrogens with zero attached hydrogens (tertiary/aromatic N) is 1. The van der Waals surface area contributed by atoms with Crippen LogP contribution in [0.3, 0.4) is 0 Å². The van der Waals surface area contributed by atoms with E-state index in [0.717, 1.165) is 0 Å². The standard InChI is InChI=1S/C20H18FN3O4/c1-28-20(27)11-15-10-19(26)24(17-8-3-2-7-16(17)22-15)12-18(25)23-14-6-4-5-13(21)9-14/h2-10,22H,11-12H2,1H3,(H,23,25). The zero-order valence-corrected chi connectivity index (χ0v) is 15.1. The van der Waals surface area contributed by atoms with E-state index in [1.807, 2.05) is 0 Å². The van der Waals surface area contributed by atoms with E-state index >= 15 is 0 Å². The first-order chi connectivity index (χ1) is 13.5. The third-order valence-electron chi connectivity index (χ3n) is 4.03. The van der Waals surface area contributed by atoms with Crippen molar-refractivity contribution in [2.24, 2.45) is 0 Å². The molecule has 0 bridgehead atoms. The molecule has 28 heavy (non-hydrogen) atoms. The topological polar surface area (TPSA) is 87.7 Å². The zero-order valence-electron chi connectivity index (χ0n) is 15.1. The summed E-state index contributed by atoms with van der Waals surface area (Å²) in [5.41, 5.74) is 1.71. The molecule has 1 aliphatic rings. The number of carbonyl (C=O) groups is 3. The molecule has 2 amide bonds. The number of esters is 1. The number of anilines is 3. The summed E-state index contributed by atoms with van der Waals surface area (Å²) in [5, 5.41) is 5.60. The van der Waals surface area contributed by atoms with Crippen molar-refractivity contribution in [1.29, 1.82) is 0 Å². The Morgan fingerprint density at radius 3 is 2.71 bits per heavy atom. The van der Waals surface area contributed by atoms with Crippen molar-refractivity contribution in [3.05, 3.63) is 66.1 Å². The van der Waals surface area contributed by atoms with Crippen LogP contribution in [0.25, 0.3) is 0 Å². The highest BCUT2D eigenvalue weighted by atomic mass is 19.1. The number of hydrogen-bond acceptors (Lipinski definition) is 5. The number of rotatable bonds is 5. The van der Waals surface area contributed by atoms with E-state index in [9.17, 15) is 18.8 Å². The summed E-state index contributed by atoms with van der Waals surface area (Å²) in [5.74, 6) is -1.93. The Morgan fingerprint density at radius 1 is 1.18 bits per heavy atom. The van der Waals surface area contributed by atoms with Crippen LogP contribution in [0.2, 0.25) is 0 Å². The minimum atomic E-state index is -0.499. The van der Waals surface area contributed by atoms with Crippen LogP contribution in [0.4, 0.5) is 21.5 Å². The first kappa shape index (κ1) is 19.1. The molecule has 0 unspecified atom stereocenters. The molecule has 2 N–H and O–H groups in total. The van der Waals surface area contributed by atoms with Crippen molar-refractivity contribution in [3.63, 3.8) is 0 Å². The van der Waals surface area contributed by atoms with Gasteiger partial charge in [-0.15, -0.1) is 0 Å². The van der Waals surface area contributed by atoms with Crippen LogP contribution in [-0.2, 0) is 19.1 Å². The number of ether oxygens (including phenoxy) is 1. The number of amides is 2. The summed E-state index contributed by atoms with van der Waals surface area (Å²) in [6.07, 6.45) is 1.15. The molecule has 0 saturated carbocycles. The van der Waals surface area contributed by atoms with Crippen molar-refractivity contribution in [1.82, 2.24) is 0 Å². The molecule has 3 rings (SSSR count). The molecule has 0 fully saturated rings. The SMILES string of the molecule is COC(=O)CC1=CC(=O)N(CC(=O)Nc2cccc(F)c2)c2ccccc2N1. The molecule has 144 valence electrons. The van der Waals surface area contributed by atoms with Crippen LogP contribution < -0.4 is 15.5 Å². The van der Waals surface area contributed by atoms with Crippen molar-refractivity contribution in [3.8, 4) is 0 Å². The average molecular weight is 383 g/mol. The maximum atomic E-state index is 13.3. The first-order valence-corrected chi connectivity index (χ1v) is 8.46. The van der Waals surface area contributed by atoms with Gasteiger partial charge in [0.15, 0.2) is 0 Å². The second-order valence-corrected chi connectivity index (χ2v) is 6.05. The third-order valence-corrected chi connectivity index (χ3v) is 4.03. The van der Waals surface area contributed by atoms with Crippen molar-refractivity contribution in [2.75, 3.05) is 29.2 Å². The number of hydrogen-bond donors (Lipinski definition) is 2. The van der Waals surface area contributed by atoms with Crippen molar-refractivity contribution < 1.29 is 23.5 Å². The lowest BCUT2D eigenvalue weighted by atomic mass is 10.2. The largest absolute Gasteiger partial charge is 0.469 e. The monoisotopic (exact) mass is 383 g/mol. The van der Waals surface area contributed by atoms with Crippen LogP contribution in [0, 0.1) is 5.82 Å². The predicted octanol–water partition coefficient (Wildman–Crippen LogP) is 2.67. The van der Waals surface area contributed by atoms with Gasteiger partial charge in [-0.05, 0) is 30.3 Å². The zero-order chi connectivity index (χ0) is 20.1. The van der Waals surface area contributed by atoms with E-state index in [0.29, 0.717) is 22.8 Å². The fourth-order valence-electron chi connectivity index (χ4n) is 2.77. The van der Waals surface area contributed by atoms with Gasteiger partial charge in [-0.2, -0.15) is 0 Å². The van der Waals surface area contributed by atoms with Crippen LogP contribution in [0.15, 0.2) is 60.3 Å². The molecule has 0 aliphatic carbocycles. The van der Waals surface area contributed by atoms with E-state index < -0.39 is 23.6 Å². The second kappa shape index (κ2) is 8.34. The highest BCUT2D eigenvalue weighted by Crippen LogP contribution is 2.30. The molecule has 0 radical (unpaired) electrons. The Kier molecular flexibility index (Phi) is 5.69. The van der Waals surface area contributed by atoms with Crippen molar-refractivity contribution in [2.45, 2.75) is 6.42 Å². The smallest absolute Gasteiger partial charge is 0.311 e. The van der Waals surface area contributed by atoms with E-state index in [2.05, 4.69) is 15.4 Å². The summed E-state index contributed by atoms with van der Waals surface area (Å²) in [6.45, 7) is -0.282. The van der Waals surface area contributed by atoms with Gasteiger partial charge in [-0.25, -0.2) is 4.39 Å². The van der Waals surface area contributed by atoms with Crippen LogP contribution in [0.1, 0.15) is 6.42 Å². The molecule has 0 aromatic heterocycles. The van der Waals surface area contributed by atoms with Gasteiger partial charge in [0.05, 0.1) is 24.9 Å². The number of nitrogens with one attached hydrogen (secondary N) is 2. The number of fused-ring (bicyclic) bond motifs is 1. The van der Waals surface area contributed by atoms with E-state index in [-0.39, 0.29) is 13.0 Å². The van der Waals surface area contributed by atoms with Crippen LogP contribution >= 0.6 is 0 Å². The summed E-state index contributed by atoms with van der Waals surface area (Å²) >= 11 is 0. The van der Waals surface area contributed by atoms with Crippen molar-refractivity contribution >= 4 is 34.8 Å². The number of carbonyl (C=O) groups excluding carboxylic acids is 3. The van der Waals surface area contributed by atoms with Crippen LogP contribution in [0.5, 0.6) is 0 Å². The minimum absolute atomic E-state index is 0.111. The van der Waals surface area contributed by atoms with Gasteiger partial charge >= 0.3 is 5.97 Å². The average Bonchev–Trinajstić information content (AvgIpc) is 2.78. The Hall–Kier alpha value is -3.68. The fourth-order valence-corrected chi connectivity index (χ4v) is 2.77. The maximum absolute atomic E-state index is 13.3. The first-order valence-electron chi connectivity index (χ1n) is 8.46. The number of benzene rings is 2. The highest BCUT2D eigenvalue weighted by Gasteiger charge is 2.25. The predicted molar refractivity (Wildman–Crippen MR) is 102 cm³/mol. The van der Waals surface area contributed by atoms with Gasteiger partial charge in [0.25, 0.3) is 5.91 Å². The molecular formula is C20H18FN3O4. The molecular weight excluding hydrogens is 365 g/mol. The van der Waals surface area contributed by atoms with Gasteiger partial charge in [0.1, 0.15) is 12.4 Å². The number of para-hydroxylation sites is 2. The number of halogens is 1. The summed E-state index contributed by atoms with van der Waals surface area (Å²) in [7, 11) is 1.26. The lowest BCUT2D eigenvalue weighted by molar-refractivity contribution is -0.139. The summed E-state index contributed by atoms with van der Waals surface area (Å²) in [4.78, 5) is 38.0. The molecule has 0 spiro atoms. The lowest BCUT2D eigenvalue weighted by Crippen LogP contribution is -2.37. The summed E-state index contributed by atoms with van der Waals surface area (Å²) in [6, 6.07) is 12.4. The van der Waals surface area contributed by atoms with E-state index in [1.165, 1.54) is 36.3 Å². The Labute approximate surface area is 160 Å². The van der Waals surface area contributed by atoms with Gasteiger partial charge in [-0.3, -0.25) is 19.3 Å². The van der Waals surface area contributed by atoms with Gasteiger partial charge in [0, 0.05) is 17.5 Å². The van der Waals surface area contributed by atoms with Gasteiger partial charge in [-0.1, -0.05) is 18.2 Å².